The largest absolute Gasteiger partial charge is 0.497 e. The number of rotatable bonds is 7. The minimum Gasteiger partial charge on any atom is -0.497 e. The number of hydrogen-bond donors (Lipinski definition) is 3. The van der Waals surface area contributed by atoms with Gasteiger partial charge in [0.2, 0.25) is 0 Å². The van der Waals surface area contributed by atoms with Crippen LogP contribution in [0.5, 0.6) is 5.75 Å². The summed E-state index contributed by atoms with van der Waals surface area (Å²) in [5.74, 6) is 2.53. The number of aliphatic hydroxyl groups excluding tert-OH is 1. The van der Waals surface area contributed by atoms with Crippen LogP contribution < -0.4 is 20.3 Å². The number of nitrogens with one attached hydrogen (secondary N) is 2. The van der Waals surface area contributed by atoms with Crippen LogP contribution in [0.15, 0.2) is 47.5 Å². The van der Waals surface area contributed by atoms with Gasteiger partial charge in [-0.1, -0.05) is 18.2 Å². The number of aliphatic hydroxyl groups is 1. The van der Waals surface area contributed by atoms with E-state index in [-0.39, 0.29) is 30.5 Å². The lowest BCUT2D eigenvalue weighted by atomic mass is 10.1. The van der Waals surface area contributed by atoms with Crippen molar-refractivity contribution < 1.29 is 9.84 Å². The van der Waals surface area contributed by atoms with Gasteiger partial charge in [-0.2, -0.15) is 0 Å². The highest BCUT2D eigenvalue weighted by atomic mass is 127. The Labute approximate surface area is 202 Å². The predicted octanol–water partition coefficient (Wildman–Crippen LogP) is 3.27. The number of aromatic nitrogens is 1. The van der Waals surface area contributed by atoms with Gasteiger partial charge in [-0.25, -0.2) is 4.98 Å². The number of nitrogens with zero attached hydrogens (tertiary/aromatic N) is 3. The van der Waals surface area contributed by atoms with Gasteiger partial charge in [0.1, 0.15) is 11.6 Å². The standard InChI is InChI=1S/C23H33N5O2.HI/c1-4-24-23(25-16-21(29)18-8-6-9-20(15-18)30-3)27-19-11-13-28(14-12-19)22-10-5-7-17(2)26-22;/h5-10,15,19,21,29H,4,11-14,16H2,1-3H3,(H2,24,25,27);1H. The topological polar surface area (TPSA) is 82.0 Å². The second-order valence-corrected chi connectivity index (χ2v) is 7.55. The van der Waals surface area contributed by atoms with Gasteiger partial charge in [0.05, 0.1) is 19.8 Å². The number of guanidine groups is 1. The molecule has 1 unspecified atom stereocenters. The lowest BCUT2D eigenvalue weighted by molar-refractivity contribution is 0.186. The Kier molecular flexibility index (Phi) is 10.3. The minimum atomic E-state index is -0.676. The van der Waals surface area contributed by atoms with Gasteiger partial charge in [-0.05, 0) is 56.5 Å². The third-order valence-corrected chi connectivity index (χ3v) is 5.28. The van der Waals surface area contributed by atoms with Crippen molar-refractivity contribution in [3.8, 4) is 5.75 Å². The van der Waals surface area contributed by atoms with Crippen LogP contribution >= 0.6 is 24.0 Å². The lowest BCUT2D eigenvalue weighted by Crippen LogP contribution is -2.49. The summed E-state index contributed by atoms with van der Waals surface area (Å²) in [5.41, 5.74) is 1.84. The number of methoxy groups -OCH3 is 1. The summed E-state index contributed by atoms with van der Waals surface area (Å²) < 4.78 is 5.24. The van der Waals surface area contributed by atoms with E-state index in [0.29, 0.717) is 6.04 Å². The molecule has 8 heteroatoms. The first-order chi connectivity index (χ1) is 14.6. The van der Waals surface area contributed by atoms with Crippen LogP contribution in [0.25, 0.3) is 0 Å². The first-order valence-corrected chi connectivity index (χ1v) is 10.6. The highest BCUT2D eigenvalue weighted by molar-refractivity contribution is 14.0. The molecule has 31 heavy (non-hydrogen) atoms. The van der Waals surface area contributed by atoms with E-state index in [0.717, 1.165) is 61.3 Å². The Balaban J connectivity index is 0.00000341. The van der Waals surface area contributed by atoms with Gasteiger partial charge < -0.3 is 25.4 Å². The fourth-order valence-electron chi connectivity index (χ4n) is 3.60. The molecule has 0 spiro atoms. The summed E-state index contributed by atoms with van der Waals surface area (Å²) in [4.78, 5) is 11.6. The molecule has 0 bridgehead atoms. The third-order valence-electron chi connectivity index (χ3n) is 5.28. The smallest absolute Gasteiger partial charge is 0.191 e. The van der Waals surface area contributed by atoms with Gasteiger partial charge in [0.15, 0.2) is 5.96 Å². The molecule has 3 N–H and O–H groups in total. The Hall–Kier alpha value is -2.07. The Morgan fingerprint density at radius 3 is 2.68 bits per heavy atom. The number of hydrogen-bond acceptors (Lipinski definition) is 5. The van der Waals surface area contributed by atoms with E-state index in [1.54, 1.807) is 7.11 Å². The van der Waals surface area contributed by atoms with E-state index in [1.807, 2.05) is 44.2 Å². The van der Waals surface area contributed by atoms with Gasteiger partial charge in [-0.15, -0.1) is 24.0 Å². The molecule has 1 aliphatic rings. The van der Waals surface area contributed by atoms with Crippen LogP contribution in [0.4, 0.5) is 5.82 Å². The number of halogens is 1. The van der Waals surface area contributed by atoms with E-state index in [9.17, 15) is 5.11 Å². The van der Waals surface area contributed by atoms with Crippen molar-refractivity contribution in [1.82, 2.24) is 15.6 Å². The Morgan fingerprint density at radius 1 is 1.26 bits per heavy atom. The summed E-state index contributed by atoms with van der Waals surface area (Å²) >= 11 is 0. The molecule has 1 aromatic carbocycles. The van der Waals surface area contributed by atoms with Crippen molar-refractivity contribution in [1.29, 1.82) is 0 Å². The molecule has 1 fully saturated rings. The molecule has 1 aromatic heterocycles. The van der Waals surface area contributed by atoms with Crippen molar-refractivity contribution in [2.45, 2.75) is 38.8 Å². The normalized spacial score (nSPS) is 15.7. The van der Waals surface area contributed by atoms with E-state index in [1.165, 1.54) is 0 Å². The predicted molar refractivity (Wildman–Crippen MR) is 137 cm³/mol. The Morgan fingerprint density at radius 2 is 2.00 bits per heavy atom. The summed E-state index contributed by atoms with van der Waals surface area (Å²) in [5, 5.41) is 17.3. The molecular formula is C23H34IN5O2. The lowest BCUT2D eigenvalue weighted by Gasteiger charge is -2.34. The molecule has 2 aromatic rings. The second kappa shape index (κ2) is 12.7. The molecule has 1 atom stereocenters. The number of aryl methyl sites for hydroxylation is 1. The highest BCUT2D eigenvalue weighted by Crippen LogP contribution is 2.20. The number of aliphatic imine (C=N–C) groups is 1. The van der Waals surface area contributed by atoms with Crippen molar-refractivity contribution in [3.63, 3.8) is 0 Å². The molecule has 0 aliphatic carbocycles. The monoisotopic (exact) mass is 539 g/mol. The summed E-state index contributed by atoms with van der Waals surface area (Å²) in [6.07, 6.45) is 1.35. The third kappa shape index (κ3) is 7.53. The molecule has 0 radical (unpaired) electrons. The average molecular weight is 539 g/mol. The number of benzene rings is 1. The van der Waals surface area contributed by atoms with Crippen LogP contribution in [0.1, 0.15) is 37.1 Å². The molecule has 170 valence electrons. The molecule has 7 nitrogen and oxygen atoms in total. The van der Waals surface area contributed by atoms with Crippen LogP contribution in [0.2, 0.25) is 0 Å². The quantitative estimate of drug-likeness (QED) is 0.285. The van der Waals surface area contributed by atoms with Crippen LogP contribution in [0.3, 0.4) is 0 Å². The summed E-state index contributed by atoms with van der Waals surface area (Å²) in [6.45, 7) is 7.04. The van der Waals surface area contributed by atoms with Crippen LogP contribution in [-0.2, 0) is 0 Å². The fraction of sp³-hybridized carbons (Fsp3) is 0.478. The zero-order valence-corrected chi connectivity index (χ0v) is 20.9. The molecule has 2 heterocycles. The van der Waals surface area contributed by atoms with Gasteiger partial charge in [0.25, 0.3) is 0 Å². The summed E-state index contributed by atoms with van der Waals surface area (Å²) in [6, 6.07) is 14.0. The molecule has 3 rings (SSSR count). The number of pyridine rings is 1. The van der Waals surface area contributed by atoms with E-state index < -0.39 is 6.10 Å². The van der Waals surface area contributed by atoms with Crippen molar-refractivity contribution in [2.75, 3.05) is 38.2 Å². The number of piperidine rings is 1. The maximum absolute atomic E-state index is 10.5. The molecule has 0 saturated carbocycles. The van der Waals surface area contributed by atoms with E-state index in [4.69, 9.17) is 4.74 Å². The van der Waals surface area contributed by atoms with Crippen LogP contribution in [-0.4, -0.2) is 55.4 Å². The van der Waals surface area contributed by atoms with Gasteiger partial charge >= 0.3 is 0 Å². The van der Waals surface area contributed by atoms with Gasteiger partial charge in [0, 0.05) is 31.4 Å². The molecular weight excluding hydrogens is 505 g/mol. The van der Waals surface area contributed by atoms with Gasteiger partial charge in [-0.3, -0.25) is 4.99 Å². The SMILES string of the molecule is CCNC(=NCC(O)c1cccc(OC)c1)NC1CCN(c2cccc(C)n2)CC1.I. The highest BCUT2D eigenvalue weighted by Gasteiger charge is 2.21. The maximum Gasteiger partial charge on any atom is 0.191 e. The van der Waals surface area contributed by atoms with Crippen LogP contribution in [0, 0.1) is 6.92 Å². The zero-order valence-electron chi connectivity index (χ0n) is 18.5. The Bertz CT molecular complexity index is 840. The molecule has 1 aliphatic heterocycles. The summed E-state index contributed by atoms with van der Waals surface area (Å²) in [7, 11) is 1.62. The average Bonchev–Trinajstić information content (AvgIpc) is 2.78. The minimum absolute atomic E-state index is 0. The first-order valence-electron chi connectivity index (χ1n) is 10.6. The van der Waals surface area contributed by atoms with Crippen molar-refractivity contribution >= 4 is 35.8 Å². The van der Waals surface area contributed by atoms with E-state index in [2.05, 4.69) is 37.6 Å². The maximum atomic E-state index is 10.5. The second-order valence-electron chi connectivity index (χ2n) is 7.55. The van der Waals surface area contributed by atoms with Crippen molar-refractivity contribution in [2.24, 2.45) is 4.99 Å². The molecule has 1 saturated heterocycles. The molecule has 0 amide bonds. The first kappa shape index (κ1) is 25.2. The van der Waals surface area contributed by atoms with Crippen molar-refractivity contribution in [3.05, 3.63) is 53.7 Å². The number of ether oxygens (including phenoxy) is 1. The fourth-order valence-corrected chi connectivity index (χ4v) is 3.60. The van der Waals surface area contributed by atoms with E-state index >= 15 is 0 Å². The zero-order chi connectivity index (χ0) is 21.3. The number of anilines is 1.